The summed E-state index contributed by atoms with van der Waals surface area (Å²) in [6.07, 6.45) is 0. The van der Waals surface area contributed by atoms with Crippen LogP contribution in [0.4, 0.5) is 0 Å². The van der Waals surface area contributed by atoms with Gasteiger partial charge in [0.15, 0.2) is 5.96 Å². The molecule has 6 heteroatoms. The molecule has 2 N–H and O–H groups in total. The summed E-state index contributed by atoms with van der Waals surface area (Å²) in [5.74, 6) is 0.841. The first-order chi connectivity index (χ1) is 10.5. The van der Waals surface area contributed by atoms with Crippen LogP contribution in [0.2, 0.25) is 0 Å². The zero-order valence-corrected chi connectivity index (χ0v) is 17.9. The third-order valence-corrected chi connectivity index (χ3v) is 4.27. The third-order valence-electron chi connectivity index (χ3n) is 3.15. The molecule has 0 saturated carbocycles. The Bertz CT molecular complexity index is 454. The SMILES string of the molecule is CCNC(=NCC(C)(C)OC)NCC(C)Sc1ccccc1.I. The monoisotopic (exact) mass is 451 g/mol. The van der Waals surface area contributed by atoms with Gasteiger partial charge in [-0.15, -0.1) is 35.7 Å². The fraction of sp³-hybridized carbons (Fsp3) is 0.588. The number of benzene rings is 1. The van der Waals surface area contributed by atoms with E-state index in [-0.39, 0.29) is 29.6 Å². The summed E-state index contributed by atoms with van der Waals surface area (Å²) < 4.78 is 5.40. The Hall–Kier alpha value is -0.470. The highest BCUT2D eigenvalue weighted by atomic mass is 127. The first-order valence-electron chi connectivity index (χ1n) is 7.76. The molecule has 0 radical (unpaired) electrons. The van der Waals surface area contributed by atoms with Crippen LogP contribution in [0.1, 0.15) is 27.7 Å². The van der Waals surface area contributed by atoms with Crippen molar-refractivity contribution in [2.45, 2.75) is 43.4 Å². The Morgan fingerprint density at radius 1 is 1.26 bits per heavy atom. The van der Waals surface area contributed by atoms with Crippen LogP contribution >= 0.6 is 35.7 Å². The number of ether oxygens (including phenoxy) is 1. The maximum Gasteiger partial charge on any atom is 0.191 e. The Kier molecular flexibility index (Phi) is 11.7. The highest BCUT2D eigenvalue weighted by Gasteiger charge is 2.15. The fourth-order valence-corrected chi connectivity index (χ4v) is 2.63. The summed E-state index contributed by atoms with van der Waals surface area (Å²) in [7, 11) is 1.72. The second kappa shape index (κ2) is 12.0. The maximum atomic E-state index is 5.40. The summed E-state index contributed by atoms with van der Waals surface area (Å²) in [6.45, 7) is 10.7. The lowest BCUT2D eigenvalue weighted by Gasteiger charge is -2.22. The number of rotatable bonds is 8. The molecule has 0 bridgehead atoms. The van der Waals surface area contributed by atoms with Crippen LogP contribution in [0.25, 0.3) is 0 Å². The molecule has 23 heavy (non-hydrogen) atoms. The van der Waals surface area contributed by atoms with E-state index in [1.165, 1.54) is 4.90 Å². The molecule has 0 saturated heterocycles. The maximum absolute atomic E-state index is 5.40. The summed E-state index contributed by atoms with van der Waals surface area (Å²) in [5, 5.41) is 7.13. The van der Waals surface area contributed by atoms with Crippen LogP contribution in [0.5, 0.6) is 0 Å². The van der Waals surface area contributed by atoms with Gasteiger partial charge in [0.25, 0.3) is 0 Å². The minimum atomic E-state index is -0.243. The molecule has 0 spiro atoms. The number of aliphatic imine (C=N–C) groups is 1. The fourth-order valence-electron chi connectivity index (χ4n) is 1.69. The van der Waals surface area contributed by atoms with Gasteiger partial charge in [0, 0.05) is 30.3 Å². The van der Waals surface area contributed by atoms with Gasteiger partial charge in [0.2, 0.25) is 0 Å². The molecule has 1 rings (SSSR count). The number of guanidine groups is 1. The highest BCUT2D eigenvalue weighted by Crippen LogP contribution is 2.21. The van der Waals surface area contributed by atoms with Crippen LogP contribution < -0.4 is 10.6 Å². The molecule has 1 unspecified atom stereocenters. The van der Waals surface area contributed by atoms with Gasteiger partial charge < -0.3 is 15.4 Å². The van der Waals surface area contributed by atoms with Crippen molar-refractivity contribution in [3.8, 4) is 0 Å². The van der Waals surface area contributed by atoms with Crippen molar-refractivity contribution in [1.82, 2.24) is 10.6 Å². The van der Waals surface area contributed by atoms with E-state index in [1.54, 1.807) is 7.11 Å². The van der Waals surface area contributed by atoms with Gasteiger partial charge in [-0.05, 0) is 32.9 Å². The van der Waals surface area contributed by atoms with E-state index >= 15 is 0 Å². The lowest BCUT2D eigenvalue weighted by atomic mass is 10.1. The standard InChI is InChI=1S/C17H29N3OS.HI/c1-6-18-16(20-13-17(3,4)21-5)19-12-14(2)22-15-10-8-7-9-11-15;/h7-11,14H,6,12-13H2,1-5H3,(H2,18,19,20);1H. The number of thioether (sulfide) groups is 1. The Labute approximate surface area is 162 Å². The van der Waals surface area contributed by atoms with Crippen molar-refractivity contribution in [1.29, 1.82) is 0 Å². The van der Waals surface area contributed by atoms with E-state index in [9.17, 15) is 0 Å². The van der Waals surface area contributed by atoms with Crippen LogP contribution in [0, 0.1) is 0 Å². The minimum Gasteiger partial charge on any atom is -0.377 e. The number of hydrogen-bond acceptors (Lipinski definition) is 3. The molecule has 0 amide bonds. The van der Waals surface area contributed by atoms with Crippen molar-refractivity contribution in [2.24, 2.45) is 4.99 Å². The van der Waals surface area contributed by atoms with Gasteiger partial charge in [0.1, 0.15) is 0 Å². The molecule has 0 aliphatic heterocycles. The Morgan fingerprint density at radius 3 is 2.48 bits per heavy atom. The van der Waals surface area contributed by atoms with Gasteiger partial charge in [-0.1, -0.05) is 25.1 Å². The summed E-state index contributed by atoms with van der Waals surface area (Å²) in [5.41, 5.74) is -0.243. The summed E-state index contributed by atoms with van der Waals surface area (Å²) >= 11 is 1.86. The molecule has 0 aliphatic rings. The molecule has 0 fully saturated rings. The number of hydrogen-bond donors (Lipinski definition) is 2. The lowest BCUT2D eigenvalue weighted by Crippen LogP contribution is -2.41. The molecule has 1 atom stereocenters. The highest BCUT2D eigenvalue weighted by molar-refractivity contribution is 14.0. The van der Waals surface area contributed by atoms with Gasteiger partial charge in [-0.25, -0.2) is 0 Å². The van der Waals surface area contributed by atoms with Crippen molar-refractivity contribution < 1.29 is 4.74 Å². The number of halogens is 1. The molecular formula is C17H30IN3OS. The molecule has 4 nitrogen and oxygen atoms in total. The average Bonchev–Trinajstić information content (AvgIpc) is 2.51. The zero-order valence-electron chi connectivity index (χ0n) is 14.8. The number of nitrogens with one attached hydrogen (secondary N) is 2. The smallest absolute Gasteiger partial charge is 0.191 e. The van der Waals surface area contributed by atoms with E-state index in [0.29, 0.717) is 11.8 Å². The largest absolute Gasteiger partial charge is 0.377 e. The molecule has 0 aromatic heterocycles. The van der Waals surface area contributed by atoms with Crippen LogP contribution in [-0.2, 0) is 4.74 Å². The number of nitrogens with zero attached hydrogens (tertiary/aromatic N) is 1. The summed E-state index contributed by atoms with van der Waals surface area (Å²) in [4.78, 5) is 5.89. The van der Waals surface area contributed by atoms with Gasteiger partial charge >= 0.3 is 0 Å². The Morgan fingerprint density at radius 2 is 1.91 bits per heavy atom. The average molecular weight is 451 g/mol. The predicted molar refractivity (Wildman–Crippen MR) is 112 cm³/mol. The van der Waals surface area contributed by atoms with Crippen LogP contribution in [0.15, 0.2) is 40.2 Å². The number of methoxy groups -OCH3 is 1. The van der Waals surface area contributed by atoms with Gasteiger partial charge in [-0.3, -0.25) is 4.99 Å². The predicted octanol–water partition coefficient (Wildman–Crippen LogP) is 3.77. The van der Waals surface area contributed by atoms with E-state index in [2.05, 4.69) is 53.7 Å². The van der Waals surface area contributed by atoms with Crippen LogP contribution in [-0.4, -0.2) is 43.6 Å². The minimum absolute atomic E-state index is 0. The van der Waals surface area contributed by atoms with E-state index in [4.69, 9.17) is 4.74 Å². The quantitative estimate of drug-likeness (QED) is 0.274. The molecule has 1 aromatic rings. The lowest BCUT2D eigenvalue weighted by molar-refractivity contribution is 0.0310. The molecule has 0 heterocycles. The molecule has 1 aromatic carbocycles. The van der Waals surface area contributed by atoms with E-state index in [0.717, 1.165) is 19.0 Å². The van der Waals surface area contributed by atoms with Crippen molar-refractivity contribution in [3.05, 3.63) is 30.3 Å². The van der Waals surface area contributed by atoms with Crippen LogP contribution in [0.3, 0.4) is 0 Å². The van der Waals surface area contributed by atoms with Gasteiger partial charge in [0.05, 0.1) is 12.1 Å². The Balaban J connectivity index is 0.00000484. The van der Waals surface area contributed by atoms with Crippen molar-refractivity contribution in [2.75, 3.05) is 26.7 Å². The molecule has 132 valence electrons. The third kappa shape index (κ3) is 10.1. The van der Waals surface area contributed by atoms with E-state index < -0.39 is 0 Å². The normalized spacial score (nSPS) is 13.2. The van der Waals surface area contributed by atoms with Crippen molar-refractivity contribution >= 4 is 41.7 Å². The van der Waals surface area contributed by atoms with Crippen molar-refractivity contribution in [3.63, 3.8) is 0 Å². The summed E-state index contributed by atoms with van der Waals surface area (Å²) in [6, 6.07) is 10.5. The second-order valence-corrected chi connectivity index (χ2v) is 7.29. The first-order valence-corrected chi connectivity index (χ1v) is 8.64. The zero-order chi connectivity index (χ0) is 16.4. The molecular weight excluding hydrogens is 421 g/mol. The van der Waals surface area contributed by atoms with Gasteiger partial charge in [-0.2, -0.15) is 0 Å². The molecule has 0 aliphatic carbocycles. The first kappa shape index (κ1) is 22.5. The van der Waals surface area contributed by atoms with E-state index in [1.807, 2.05) is 31.7 Å². The topological polar surface area (TPSA) is 45.7 Å². The second-order valence-electron chi connectivity index (χ2n) is 5.78.